The molecular weight excluding hydrogens is 454 g/mol. The monoisotopic (exact) mass is 501 g/mol. The summed E-state index contributed by atoms with van der Waals surface area (Å²) in [6, 6.07) is 0. The van der Waals surface area contributed by atoms with Crippen LogP contribution in [0.4, 0.5) is 0 Å². The summed E-state index contributed by atoms with van der Waals surface area (Å²) in [5.41, 5.74) is 0.566. The molecule has 6 heteroatoms. The van der Waals surface area contributed by atoms with Gasteiger partial charge >= 0.3 is 5.97 Å². The van der Waals surface area contributed by atoms with Crippen molar-refractivity contribution in [1.29, 1.82) is 0 Å². The van der Waals surface area contributed by atoms with E-state index in [-0.39, 0.29) is 34.9 Å². The normalized spacial score (nSPS) is 47.6. The zero-order valence-electron chi connectivity index (χ0n) is 22.4. The number of carbonyl (C=O) groups is 1. The number of hydrogen-bond donors (Lipinski definition) is 2. The number of cyclic esters (lactones) is 1. The second-order valence-electron chi connectivity index (χ2n) is 13.7. The summed E-state index contributed by atoms with van der Waals surface area (Å²) >= 11 is 0. The number of β-amino-alcohol motifs (C(OH)–C–C–N with tert-alkyl or cyclic N) is 1. The lowest BCUT2D eigenvalue weighted by Gasteiger charge is -2.63. The molecule has 0 amide bonds. The number of ether oxygens (including phenoxy) is 2. The third-order valence-corrected chi connectivity index (χ3v) is 12.1. The molecule has 1 unspecified atom stereocenters. The van der Waals surface area contributed by atoms with Crippen LogP contribution in [0.5, 0.6) is 0 Å². The number of rotatable bonds is 6. The van der Waals surface area contributed by atoms with Crippen LogP contribution in [0.25, 0.3) is 0 Å². The van der Waals surface area contributed by atoms with E-state index in [0.29, 0.717) is 31.0 Å². The van der Waals surface area contributed by atoms with Crippen molar-refractivity contribution in [2.45, 2.75) is 102 Å². The summed E-state index contributed by atoms with van der Waals surface area (Å²) in [6.45, 7) is 8.65. The largest absolute Gasteiger partial charge is 0.458 e. The van der Waals surface area contributed by atoms with E-state index in [1.165, 1.54) is 25.7 Å². The Bertz CT molecular complexity index is 885. The van der Waals surface area contributed by atoms with Gasteiger partial charge in [0.1, 0.15) is 6.61 Å². The maximum atomic E-state index is 12.4. The highest BCUT2D eigenvalue weighted by Gasteiger charge is 2.67. The number of nitrogens with zero attached hydrogens (tertiary/aromatic N) is 1. The Morgan fingerprint density at radius 1 is 1.08 bits per heavy atom. The van der Waals surface area contributed by atoms with Gasteiger partial charge in [0.15, 0.2) is 0 Å². The SMILES string of the molecule is C[C@]12CC[C@H](OCC(O)CN3CCCC3)C[C@H]1CC[C@@H]1[C@@H]2CC[C@]2(C)[C@@H](C3=CC(=O)OC3)CC[C@]12O. The number of aliphatic hydroxyl groups is 2. The molecule has 36 heavy (non-hydrogen) atoms. The predicted molar refractivity (Wildman–Crippen MR) is 137 cm³/mol. The standard InChI is InChI=1S/C30H47NO5/c1-28-10-7-23(35-19-22(32)17-31-13-3-4-14-31)16-21(28)5-6-26-25(28)8-11-29(2)24(9-12-30(26,29)34)20-15-27(33)36-18-20/h15,21-26,32,34H,3-14,16-19H2,1-2H3/t21-,22?,23+,24-,25+,26-,28+,29-,30+/m1/s1. The average molecular weight is 502 g/mol. The fourth-order valence-corrected chi connectivity index (χ4v) is 10.1. The van der Waals surface area contributed by atoms with E-state index in [0.717, 1.165) is 70.2 Å². The van der Waals surface area contributed by atoms with E-state index in [2.05, 4.69) is 18.7 Å². The van der Waals surface area contributed by atoms with Gasteiger partial charge in [-0.2, -0.15) is 0 Å². The topological polar surface area (TPSA) is 79.2 Å². The molecule has 2 aliphatic heterocycles. The van der Waals surface area contributed by atoms with Crippen molar-refractivity contribution in [3.05, 3.63) is 11.6 Å². The Hall–Kier alpha value is -0.950. The first-order chi connectivity index (χ1) is 17.2. The minimum absolute atomic E-state index is 0.164. The minimum Gasteiger partial charge on any atom is -0.458 e. The van der Waals surface area contributed by atoms with Crippen molar-refractivity contribution >= 4 is 5.97 Å². The fourth-order valence-electron chi connectivity index (χ4n) is 10.1. The number of fused-ring (bicyclic) bond motifs is 5. The quantitative estimate of drug-likeness (QED) is 0.534. The highest BCUT2D eigenvalue weighted by molar-refractivity contribution is 5.85. The zero-order chi connectivity index (χ0) is 25.1. The summed E-state index contributed by atoms with van der Waals surface area (Å²) in [5, 5.41) is 22.9. The number of carbonyl (C=O) groups excluding carboxylic acids is 1. The summed E-state index contributed by atoms with van der Waals surface area (Å²) in [4.78, 5) is 14.1. The average Bonchev–Trinajstić information content (AvgIpc) is 3.57. The van der Waals surface area contributed by atoms with Crippen LogP contribution in [0.3, 0.4) is 0 Å². The molecule has 0 aromatic carbocycles. The van der Waals surface area contributed by atoms with E-state index < -0.39 is 5.60 Å². The van der Waals surface area contributed by atoms with Gasteiger partial charge in [0.05, 0.1) is 24.4 Å². The van der Waals surface area contributed by atoms with E-state index in [9.17, 15) is 15.0 Å². The summed E-state index contributed by atoms with van der Waals surface area (Å²) in [5.74, 6) is 1.60. The zero-order valence-corrected chi connectivity index (χ0v) is 22.4. The second-order valence-corrected chi connectivity index (χ2v) is 13.7. The van der Waals surface area contributed by atoms with Crippen molar-refractivity contribution in [2.75, 3.05) is 32.8 Å². The highest BCUT2D eigenvalue weighted by Crippen LogP contribution is 2.70. The van der Waals surface area contributed by atoms with Crippen LogP contribution in [-0.2, 0) is 14.3 Å². The smallest absolute Gasteiger partial charge is 0.331 e. The molecule has 4 aliphatic carbocycles. The minimum atomic E-state index is -0.645. The molecule has 0 aromatic rings. The highest BCUT2D eigenvalue weighted by atomic mass is 16.5. The molecule has 0 aromatic heterocycles. The lowest BCUT2D eigenvalue weighted by Crippen LogP contribution is -2.62. The van der Waals surface area contributed by atoms with Crippen LogP contribution in [0.1, 0.15) is 84.5 Å². The second kappa shape index (κ2) is 9.36. The van der Waals surface area contributed by atoms with Gasteiger partial charge in [0.25, 0.3) is 0 Å². The number of esters is 1. The Morgan fingerprint density at radius 3 is 2.64 bits per heavy atom. The van der Waals surface area contributed by atoms with Crippen LogP contribution in [0.2, 0.25) is 0 Å². The van der Waals surface area contributed by atoms with Gasteiger partial charge in [0, 0.05) is 18.0 Å². The molecule has 9 atom stereocenters. The van der Waals surface area contributed by atoms with Crippen molar-refractivity contribution in [2.24, 2.45) is 34.5 Å². The van der Waals surface area contributed by atoms with Gasteiger partial charge in [-0.05, 0) is 118 Å². The van der Waals surface area contributed by atoms with Crippen molar-refractivity contribution in [3.8, 4) is 0 Å². The first-order valence-electron chi connectivity index (χ1n) is 14.8. The summed E-state index contributed by atoms with van der Waals surface area (Å²) in [7, 11) is 0. The molecule has 4 saturated carbocycles. The summed E-state index contributed by atoms with van der Waals surface area (Å²) in [6.07, 6.45) is 13.7. The Morgan fingerprint density at radius 2 is 1.89 bits per heavy atom. The van der Waals surface area contributed by atoms with E-state index in [1.807, 2.05) is 0 Å². The first kappa shape index (κ1) is 25.3. The lowest BCUT2D eigenvalue weighted by atomic mass is 9.43. The molecule has 202 valence electrons. The Kier molecular flexibility index (Phi) is 6.58. The summed E-state index contributed by atoms with van der Waals surface area (Å²) < 4.78 is 11.6. The predicted octanol–water partition coefficient (Wildman–Crippen LogP) is 4.09. The maximum Gasteiger partial charge on any atom is 0.331 e. The van der Waals surface area contributed by atoms with E-state index in [4.69, 9.17) is 9.47 Å². The third-order valence-electron chi connectivity index (χ3n) is 12.1. The number of hydrogen-bond acceptors (Lipinski definition) is 6. The van der Waals surface area contributed by atoms with Crippen LogP contribution in [0, 0.1) is 34.5 Å². The Balaban J connectivity index is 1.10. The molecular formula is C30H47NO5. The Labute approximate surface area is 216 Å². The number of likely N-dealkylation sites (tertiary alicyclic amines) is 1. The van der Waals surface area contributed by atoms with Gasteiger partial charge in [-0.25, -0.2) is 4.79 Å². The lowest BCUT2D eigenvalue weighted by molar-refractivity contribution is -0.210. The molecule has 2 N–H and O–H groups in total. The molecule has 6 rings (SSSR count). The number of aliphatic hydroxyl groups excluding tert-OH is 1. The van der Waals surface area contributed by atoms with Gasteiger partial charge < -0.3 is 24.6 Å². The van der Waals surface area contributed by atoms with Gasteiger partial charge in [0.2, 0.25) is 0 Å². The fraction of sp³-hybridized carbons (Fsp3) is 0.900. The van der Waals surface area contributed by atoms with Crippen molar-refractivity contribution in [3.63, 3.8) is 0 Å². The molecule has 0 radical (unpaired) electrons. The van der Waals surface area contributed by atoms with Crippen LogP contribution in [-0.4, -0.2) is 71.7 Å². The van der Waals surface area contributed by atoms with Crippen molar-refractivity contribution in [1.82, 2.24) is 4.90 Å². The first-order valence-corrected chi connectivity index (χ1v) is 14.8. The molecule has 0 spiro atoms. The third kappa shape index (κ3) is 4.01. The van der Waals surface area contributed by atoms with E-state index in [1.54, 1.807) is 6.08 Å². The molecule has 6 nitrogen and oxygen atoms in total. The molecule has 5 fully saturated rings. The molecule has 6 aliphatic rings. The maximum absolute atomic E-state index is 12.4. The molecule has 2 heterocycles. The van der Waals surface area contributed by atoms with Crippen LogP contribution < -0.4 is 0 Å². The molecule has 1 saturated heterocycles. The van der Waals surface area contributed by atoms with Gasteiger partial charge in [-0.15, -0.1) is 0 Å². The van der Waals surface area contributed by atoms with E-state index >= 15 is 0 Å². The van der Waals surface area contributed by atoms with Gasteiger partial charge in [-0.1, -0.05) is 13.8 Å². The van der Waals surface area contributed by atoms with Crippen LogP contribution >= 0.6 is 0 Å². The van der Waals surface area contributed by atoms with Gasteiger partial charge in [-0.3, -0.25) is 0 Å². The van der Waals surface area contributed by atoms with Crippen LogP contribution in [0.15, 0.2) is 11.6 Å². The molecule has 0 bridgehead atoms. The van der Waals surface area contributed by atoms with Crippen molar-refractivity contribution < 1.29 is 24.5 Å².